The van der Waals surface area contributed by atoms with Crippen molar-refractivity contribution < 1.29 is 13.9 Å². The third kappa shape index (κ3) is 5.40. The first-order valence-corrected chi connectivity index (χ1v) is 15.4. The normalized spacial score (nSPS) is 21.1. The Hall–Kier alpha value is -3.43. The number of hydrogen-bond donors (Lipinski definition) is 0. The zero-order valence-electron chi connectivity index (χ0n) is 23.7. The maximum Gasteiger partial charge on any atom is 0.318 e. The van der Waals surface area contributed by atoms with Gasteiger partial charge in [0.2, 0.25) is 5.91 Å². The average molecular weight is 591 g/mol. The molecule has 4 aliphatic rings. The van der Waals surface area contributed by atoms with E-state index in [4.69, 9.17) is 26.3 Å². The minimum Gasteiger partial charge on any atom is -0.462 e. The predicted octanol–water partition coefficient (Wildman–Crippen LogP) is 4.64. The van der Waals surface area contributed by atoms with Gasteiger partial charge in [0, 0.05) is 74.1 Å². The fourth-order valence-electron chi connectivity index (χ4n) is 6.55. The van der Waals surface area contributed by atoms with Crippen molar-refractivity contribution in [1.82, 2.24) is 19.8 Å². The molecular weight excluding hydrogens is 555 g/mol. The van der Waals surface area contributed by atoms with Gasteiger partial charge in [0.1, 0.15) is 19.1 Å². The standard InChI is InChI=1S/C32H36ClFN6O2/c33-26-6-1-4-22-5-2-7-28(30(22)26)39-14-12-25-27(20-39)35-32(42-21-24-11-15-40(24)23-9-10-23)36-31(25)38-18-16-37(17-19-38)29(41)8-3-13-34/h1-8,23-24H,9-21H2/b8-3+. The zero-order chi connectivity index (χ0) is 28.6. The van der Waals surface area contributed by atoms with Crippen molar-refractivity contribution in [2.75, 3.05) is 62.3 Å². The highest BCUT2D eigenvalue weighted by molar-refractivity contribution is 6.36. The summed E-state index contributed by atoms with van der Waals surface area (Å²) in [5.74, 6) is 0.760. The van der Waals surface area contributed by atoms with Gasteiger partial charge in [0.05, 0.1) is 17.3 Å². The van der Waals surface area contributed by atoms with Crippen LogP contribution in [0.25, 0.3) is 10.8 Å². The SMILES string of the molecule is O=C(/C=C/CF)N1CCN(c2nc(OCC3CCN3C3CC3)nc3c2CCN(c2cccc4cccc(Cl)c24)C3)CC1. The fourth-order valence-corrected chi connectivity index (χ4v) is 6.83. The Balaban J connectivity index is 1.16. The Morgan fingerprint density at radius 3 is 2.55 bits per heavy atom. The summed E-state index contributed by atoms with van der Waals surface area (Å²) in [5, 5.41) is 2.92. The second kappa shape index (κ2) is 11.7. The van der Waals surface area contributed by atoms with Crippen LogP contribution in [0.3, 0.4) is 0 Å². The highest BCUT2D eigenvalue weighted by Crippen LogP contribution is 2.38. The van der Waals surface area contributed by atoms with E-state index in [2.05, 4.69) is 39.0 Å². The molecule has 8 nitrogen and oxygen atoms in total. The van der Waals surface area contributed by atoms with E-state index < -0.39 is 6.67 Å². The first-order chi connectivity index (χ1) is 20.6. The van der Waals surface area contributed by atoms with Gasteiger partial charge in [0.15, 0.2) is 0 Å². The second-order valence-electron chi connectivity index (χ2n) is 11.6. The van der Waals surface area contributed by atoms with Crippen LogP contribution in [0.4, 0.5) is 15.9 Å². The number of ether oxygens (including phenoxy) is 1. The van der Waals surface area contributed by atoms with Crippen LogP contribution in [0.1, 0.15) is 30.5 Å². The highest BCUT2D eigenvalue weighted by Gasteiger charge is 2.40. The van der Waals surface area contributed by atoms with E-state index in [-0.39, 0.29) is 5.91 Å². The smallest absolute Gasteiger partial charge is 0.318 e. The van der Waals surface area contributed by atoms with E-state index >= 15 is 0 Å². The lowest BCUT2D eigenvalue weighted by molar-refractivity contribution is -0.126. The molecule has 4 heterocycles. The molecule has 0 bridgehead atoms. The van der Waals surface area contributed by atoms with Gasteiger partial charge in [-0.1, -0.05) is 35.9 Å². The molecule has 1 saturated carbocycles. The van der Waals surface area contributed by atoms with E-state index in [0.717, 1.165) is 70.5 Å². The molecular formula is C32H36ClFN6O2. The number of hydrogen-bond acceptors (Lipinski definition) is 7. The number of carbonyl (C=O) groups is 1. The molecule has 1 atom stereocenters. The lowest BCUT2D eigenvalue weighted by Crippen LogP contribution is -2.52. The number of benzene rings is 2. The number of nitrogens with zero attached hydrogens (tertiary/aromatic N) is 6. The van der Waals surface area contributed by atoms with Crippen LogP contribution in [-0.2, 0) is 17.8 Å². The van der Waals surface area contributed by atoms with Gasteiger partial charge in [-0.25, -0.2) is 4.39 Å². The summed E-state index contributed by atoms with van der Waals surface area (Å²) < 4.78 is 18.8. The number of fused-ring (bicyclic) bond motifs is 2. The average Bonchev–Trinajstić information content (AvgIpc) is 3.83. The number of aromatic nitrogens is 2. The first-order valence-electron chi connectivity index (χ1n) is 15.1. The number of rotatable bonds is 8. The number of allylic oxidation sites excluding steroid dienone is 1. The molecule has 10 heteroatoms. The second-order valence-corrected chi connectivity index (χ2v) is 12.0. The summed E-state index contributed by atoms with van der Waals surface area (Å²) in [7, 11) is 0. The maximum absolute atomic E-state index is 12.5. The van der Waals surface area contributed by atoms with Gasteiger partial charge in [-0.2, -0.15) is 9.97 Å². The van der Waals surface area contributed by atoms with Crippen molar-refractivity contribution in [2.24, 2.45) is 0 Å². The Morgan fingerprint density at radius 2 is 1.81 bits per heavy atom. The van der Waals surface area contributed by atoms with E-state index in [1.54, 1.807) is 4.90 Å². The van der Waals surface area contributed by atoms with Crippen LogP contribution in [0.5, 0.6) is 6.01 Å². The minimum atomic E-state index is -0.636. The van der Waals surface area contributed by atoms with E-state index in [9.17, 15) is 9.18 Å². The first kappa shape index (κ1) is 27.4. The largest absolute Gasteiger partial charge is 0.462 e. The summed E-state index contributed by atoms with van der Waals surface area (Å²) in [6.45, 7) is 4.99. The number of piperazine rings is 1. The van der Waals surface area contributed by atoms with Crippen molar-refractivity contribution in [1.29, 1.82) is 0 Å². The van der Waals surface area contributed by atoms with Crippen LogP contribution in [-0.4, -0.2) is 90.3 Å². The maximum atomic E-state index is 12.5. The molecule has 42 heavy (non-hydrogen) atoms. The van der Waals surface area contributed by atoms with Crippen LogP contribution < -0.4 is 14.5 Å². The molecule has 220 valence electrons. The third-order valence-electron chi connectivity index (χ3n) is 9.05. The number of carbonyl (C=O) groups excluding carboxylic acids is 1. The molecule has 1 aromatic heterocycles. The van der Waals surface area contributed by atoms with Crippen LogP contribution in [0, 0.1) is 0 Å². The number of alkyl halides is 1. The fraction of sp³-hybridized carbons (Fsp3) is 0.469. The topological polar surface area (TPSA) is 65.0 Å². The summed E-state index contributed by atoms with van der Waals surface area (Å²) >= 11 is 6.69. The Bertz CT molecular complexity index is 1500. The van der Waals surface area contributed by atoms with Crippen molar-refractivity contribution in [3.05, 3.63) is 64.8 Å². The minimum absolute atomic E-state index is 0.147. The lowest BCUT2D eigenvalue weighted by atomic mass is 10.0. The molecule has 2 saturated heterocycles. The van der Waals surface area contributed by atoms with Crippen molar-refractivity contribution in [2.45, 2.75) is 44.3 Å². The Labute approximate surface area is 250 Å². The zero-order valence-corrected chi connectivity index (χ0v) is 24.5. The lowest BCUT2D eigenvalue weighted by Gasteiger charge is -2.41. The molecule has 0 N–H and O–H groups in total. The molecule has 3 aliphatic heterocycles. The summed E-state index contributed by atoms with van der Waals surface area (Å²) in [6, 6.07) is 13.9. The molecule has 0 spiro atoms. The summed E-state index contributed by atoms with van der Waals surface area (Å²) in [5.41, 5.74) is 3.22. The third-order valence-corrected chi connectivity index (χ3v) is 9.36. The van der Waals surface area contributed by atoms with Crippen molar-refractivity contribution >= 4 is 39.8 Å². The van der Waals surface area contributed by atoms with E-state index in [1.807, 2.05) is 12.1 Å². The number of likely N-dealkylation sites (tertiary alicyclic amines) is 1. The van der Waals surface area contributed by atoms with Gasteiger partial charge in [-0.05, 0) is 49.3 Å². The van der Waals surface area contributed by atoms with Crippen molar-refractivity contribution in [3.8, 4) is 6.01 Å². The summed E-state index contributed by atoms with van der Waals surface area (Å²) in [4.78, 5) is 31.3. The molecule has 3 aromatic rings. The number of anilines is 2. The van der Waals surface area contributed by atoms with E-state index in [0.29, 0.717) is 51.4 Å². The molecule has 1 unspecified atom stereocenters. The predicted molar refractivity (Wildman–Crippen MR) is 163 cm³/mol. The van der Waals surface area contributed by atoms with Crippen LogP contribution in [0.2, 0.25) is 5.02 Å². The summed E-state index contributed by atoms with van der Waals surface area (Å²) in [6.07, 6.45) is 7.12. The molecule has 1 aliphatic carbocycles. The number of amides is 1. The van der Waals surface area contributed by atoms with Gasteiger partial charge in [-0.15, -0.1) is 0 Å². The van der Waals surface area contributed by atoms with Crippen molar-refractivity contribution in [3.63, 3.8) is 0 Å². The molecule has 7 rings (SSSR count). The van der Waals surface area contributed by atoms with Crippen LogP contribution in [0.15, 0.2) is 48.6 Å². The quantitative estimate of drug-likeness (QED) is 0.354. The number of halogens is 2. The van der Waals surface area contributed by atoms with Gasteiger partial charge in [-0.3, -0.25) is 9.69 Å². The molecule has 2 aromatic carbocycles. The Kier molecular flexibility index (Phi) is 7.63. The van der Waals surface area contributed by atoms with Gasteiger partial charge < -0.3 is 19.4 Å². The molecule has 1 amide bonds. The van der Waals surface area contributed by atoms with Crippen LogP contribution >= 0.6 is 11.6 Å². The Morgan fingerprint density at radius 1 is 1.00 bits per heavy atom. The van der Waals surface area contributed by atoms with Gasteiger partial charge in [0.25, 0.3) is 0 Å². The van der Waals surface area contributed by atoms with E-state index in [1.165, 1.54) is 25.0 Å². The van der Waals surface area contributed by atoms with Gasteiger partial charge >= 0.3 is 6.01 Å². The highest BCUT2D eigenvalue weighted by atomic mass is 35.5. The molecule has 0 radical (unpaired) electrons. The molecule has 3 fully saturated rings. The monoisotopic (exact) mass is 590 g/mol.